The Morgan fingerprint density at radius 2 is 1.68 bits per heavy atom. The Morgan fingerprint density at radius 1 is 0.968 bits per heavy atom. The van der Waals surface area contributed by atoms with E-state index in [-0.39, 0.29) is 30.7 Å². The number of hydrogen-bond acceptors (Lipinski definition) is 3. The molecule has 0 aliphatic rings. The third-order valence-electron chi connectivity index (χ3n) is 5.23. The number of ether oxygens (including phenoxy) is 1. The molecule has 168 valence electrons. The molecule has 0 aliphatic carbocycles. The van der Waals surface area contributed by atoms with Gasteiger partial charge in [-0.15, -0.1) is 12.4 Å². The number of aliphatic hydroxyl groups excluding tert-OH is 1. The zero-order chi connectivity index (χ0) is 21.7. The van der Waals surface area contributed by atoms with Crippen LogP contribution in [0.2, 0.25) is 10.0 Å². The van der Waals surface area contributed by atoms with Crippen LogP contribution in [0.25, 0.3) is 10.8 Å². The van der Waals surface area contributed by atoms with Crippen molar-refractivity contribution in [2.24, 2.45) is 0 Å². The predicted molar refractivity (Wildman–Crippen MR) is 134 cm³/mol. The SMILES string of the molecule is CC(OC[C@H](O)CNC(C)(C)Cc1ccc2ccccc2c1)c1ccc(Cl)c(Cl)c1.Cl. The van der Waals surface area contributed by atoms with Crippen molar-refractivity contribution in [3.05, 3.63) is 81.8 Å². The first-order chi connectivity index (χ1) is 14.2. The first-order valence-corrected chi connectivity index (χ1v) is 11.0. The lowest BCUT2D eigenvalue weighted by molar-refractivity contribution is -0.00417. The van der Waals surface area contributed by atoms with E-state index in [1.165, 1.54) is 16.3 Å². The second-order valence-electron chi connectivity index (χ2n) is 8.43. The summed E-state index contributed by atoms with van der Waals surface area (Å²) in [5, 5.41) is 17.4. The third kappa shape index (κ3) is 7.64. The van der Waals surface area contributed by atoms with Crippen LogP contribution < -0.4 is 5.32 Å². The number of aliphatic hydroxyl groups is 1. The number of halogens is 3. The van der Waals surface area contributed by atoms with Crippen molar-refractivity contribution in [2.45, 2.75) is 44.9 Å². The van der Waals surface area contributed by atoms with E-state index in [9.17, 15) is 5.11 Å². The molecule has 0 aliphatic heterocycles. The van der Waals surface area contributed by atoms with Gasteiger partial charge < -0.3 is 15.2 Å². The minimum absolute atomic E-state index is 0. The molecular formula is C25H30Cl3NO2. The smallest absolute Gasteiger partial charge is 0.0898 e. The van der Waals surface area contributed by atoms with Crippen LogP contribution in [0.5, 0.6) is 0 Å². The zero-order valence-corrected chi connectivity index (χ0v) is 20.4. The maximum absolute atomic E-state index is 10.4. The van der Waals surface area contributed by atoms with Crippen LogP contribution in [0.15, 0.2) is 60.7 Å². The van der Waals surface area contributed by atoms with Crippen LogP contribution in [-0.4, -0.2) is 29.9 Å². The average molecular weight is 483 g/mol. The summed E-state index contributed by atoms with van der Waals surface area (Å²) >= 11 is 12.0. The highest BCUT2D eigenvalue weighted by atomic mass is 35.5. The molecule has 2 atom stereocenters. The summed E-state index contributed by atoms with van der Waals surface area (Å²) in [5.41, 5.74) is 2.05. The molecule has 0 amide bonds. The lowest BCUT2D eigenvalue weighted by Gasteiger charge is -2.28. The van der Waals surface area contributed by atoms with E-state index in [2.05, 4.69) is 61.6 Å². The van der Waals surface area contributed by atoms with E-state index in [0.29, 0.717) is 16.6 Å². The molecule has 0 spiro atoms. The van der Waals surface area contributed by atoms with Gasteiger partial charge in [-0.25, -0.2) is 0 Å². The van der Waals surface area contributed by atoms with Gasteiger partial charge in [0.1, 0.15) is 0 Å². The molecule has 0 saturated carbocycles. The number of benzene rings is 3. The summed E-state index contributed by atoms with van der Waals surface area (Å²) < 4.78 is 5.82. The van der Waals surface area contributed by atoms with E-state index in [0.717, 1.165) is 12.0 Å². The van der Waals surface area contributed by atoms with Crippen LogP contribution in [-0.2, 0) is 11.2 Å². The number of hydrogen-bond donors (Lipinski definition) is 2. The highest BCUT2D eigenvalue weighted by molar-refractivity contribution is 6.42. The number of rotatable bonds is 9. The van der Waals surface area contributed by atoms with Gasteiger partial charge in [-0.05, 0) is 61.2 Å². The van der Waals surface area contributed by atoms with Gasteiger partial charge in [0.25, 0.3) is 0 Å². The normalized spacial score (nSPS) is 13.6. The van der Waals surface area contributed by atoms with Gasteiger partial charge in [0, 0.05) is 12.1 Å². The molecule has 0 saturated heterocycles. The molecule has 1 unspecified atom stereocenters. The van der Waals surface area contributed by atoms with Gasteiger partial charge in [-0.3, -0.25) is 0 Å². The summed E-state index contributed by atoms with van der Waals surface area (Å²) in [7, 11) is 0. The fraction of sp³-hybridized carbons (Fsp3) is 0.360. The minimum Gasteiger partial charge on any atom is -0.389 e. The molecule has 3 aromatic carbocycles. The molecule has 0 aromatic heterocycles. The van der Waals surface area contributed by atoms with Crippen molar-refractivity contribution in [3.63, 3.8) is 0 Å². The fourth-order valence-electron chi connectivity index (χ4n) is 3.49. The molecule has 0 fully saturated rings. The van der Waals surface area contributed by atoms with Gasteiger partial charge in [-0.2, -0.15) is 0 Å². The Labute approximate surface area is 201 Å². The number of nitrogens with one attached hydrogen (secondary N) is 1. The second-order valence-corrected chi connectivity index (χ2v) is 9.24. The first-order valence-electron chi connectivity index (χ1n) is 10.2. The van der Waals surface area contributed by atoms with Crippen molar-refractivity contribution in [2.75, 3.05) is 13.2 Å². The Kier molecular flexibility index (Phi) is 9.63. The maximum Gasteiger partial charge on any atom is 0.0898 e. The predicted octanol–water partition coefficient (Wildman–Crippen LogP) is 6.62. The van der Waals surface area contributed by atoms with Crippen molar-refractivity contribution in [1.82, 2.24) is 5.32 Å². The van der Waals surface area contributed by atoms with Crippen molar-refractivity contribution in [1.29, 1.82) is 0 Å². The summed E-state index contributed by atoms with van der Waals surface area (Å²) in [4.78, 5) is 0. The van der Waals surface area contributed by atoms with E-state index in [1.807, 2.05) is 13.0 Å². The van der Waals surface area contributed by atoms with Crippen LogP contribution in [0.4, 0.5) is 0 Å². The van der Waals surface area contributed by atoms with Crippen LogP contribution >= 0.6 is 35.6 Å². The summed E-state index contributed by atoms with van der Waals surface area (Å²) in [6, 6.07) is 20.4. The quantitative estimate of drug-likeness (QED) is 0.360. The molecule has 3 aromatic rings. The Balaban J connectivity index is 0.00000341. The van der Waals surface area contributed by atoms with Gasteiger partial charge >= 0.3 is 0 Å². The second kappa shape index (κ2) is 11.5. The molecule has 6 heteroatoms. The number of β-amino-alcohol motifs (C(OH)–C–C–N with tert-alkyl or cyclic N) is 1. The number of fused-ring (bicyclic) bond motifs is 1. The van der Waals surface area contributed by atoms with Crippen molar-refractivity contribution >= 4 is 46.4 Å². The molecule has 0 heterocycles. The molecule has 0 bridgehead atoms. The first kappa shape index (κ1) is 25.9. The van der Waals surface area contributed by atoms with Crippen molar-refractivity contribution in [3.8, 4) is 0 Å². The van der Waals surface area contributed by atoms with Crippen LogP contribution in [0.3, 0.4) is 0 Å². The van der Waals surface area contributed by atoms with Gasteiger partial charge in [0.2, 0.25) is 0 Å². The summed E-state index contributed by atoms with van der Waals surface area (Å²) in [6.07, 6.45) is 0.0802. The largest absolute Gasteiger partial charge is 0.389 e. The van der Waals surface area contributed by atoms with E-state index < -0.39 is 6.10 Å². The van der Waals surface area contributed by atoms with E-state index in [4.69, 9.17) is 27.9 Å². The average Bonchev–Trinajstić information content (AvgIpc) is 2.72. The topological polar surface area (TPSA) is 41.5 Å². The Hall–Kier alpha value is -1.33. The Morgan fingerprint density at radius 3 is 2.39 bits per heavy atom. The zero-order valence-electron chi connectivity index (χ0n) is 18.1. The van der Waals surface area contributed by atoms with E-state index >= 15 is 0 Å². The lowest BCUT2D eigenvalue weighted by Crippen LogP contribution is -2.46. The highest BCUT2D eigenvalue weighted by Crippen LogP contribution is 2.27. The molecule has 3 nitrogen and oxygen atoms in total. The molecule has 3 rings (SSSR count). The molecular weight excluding hydrogens is 453 g/mol. The minimum atomic E-state index is -0.605. The lowest BCUT2D eigenvalue weighted by atomic mass is 9.93. The standard InChI is InChI=1S/C25H29Cl2NO2.ClH/c1-17(20-10-11-23(26)24(27)13-20)30-16-22(29)15-28-25(2,3)14-18-8-9-19-6-4-5-7-21(19)12-18;/h4-13,17,22,28-29H,14-16H2,1-3H3;1H/t17?,22-;/m1./s1. The monoisotopic (exact) mass is 481 g/mol. The van der Waals surface area contributed by atoms with Gasteiger partial charge in [0.15, 0.2) is 0 Å². The maximum atomic E-state index is 10.4. The van der Waals surface area contributed by atoms with E-state index in [1.54, 1.807) is 12.1 Å². The fourth-order valence-corrected chi connectivity index (χ4v) is 3.80. The third-order valence-corrected chi connectivity index (χ3v) is 5.97. The summed E-state index contributed by atoms with van der Waals surface area (Å²) in [6.45, 7) is 6.92. The molecule has 0 radical (unpaired) electrons. The highest BCUT2D eigenvalue weighted by Gasteiger charge is 2.20. The van der Waals surface area contributed by atoms with Crippen LogP contribution in [0.1, 0.15) is 38.0 Å². The Bertz CT molecular complexity index is 993. The molecule has 2 N–H and O–H groups in total. The van der Waals surface area contributed by atoms with Crippen molar-refractivity contribution < 1.29 is 9.84 Å². The van der Waals surface area contributed by atoms with Crippen LogP contribution in [0, 0.1) is 0 Å². The molecule has 31 heavy (non-hydrogen) atoms. The van der Waals surface area contributed by atoms with Gasteiger partial charge in [0.05, 0.1) is 28.9 Å². The summed E-state index contributed by atoms with van der Waals surface area (Å²) in [5.74, 6) is 0. The van der Waals surface area contributed by atoms with Gasteiger partial charge in [-0.1, -0.05) is 71.7 Å².